The molecule has 1 amide bonds. The minimum absolute atomic E-state index is 0.154. The first-order valence-electron chi connectivity index (χ1n) is 6.42. The van der Waals surface area contributed by atoms with E-state index in [2.05, 4.69) is 10.3 Å². The molecule has 4 nitrogen and oxygen atoms in total. The molecule has 0 fully saturated rings. The molecule has 0 spiro atoms. The molecule has 0 saturated heterocycles. The number of aromatic nitrogens is 1. The van der Waals surface area contributed by atoms with Crippen LogP contribution in [0, 0.1) is 31.3 Å². The highest BCUT2D eigenvalue weighted by atomic mass is 19.2. The summed E-state index contributed by atoms with van der Waals surface area (Å²) in [5.74, 6) is -5.58. The normalized spacial score (nSPS) is 10.6. The monoisotopic (exact) mass is 310 g/mol. The number of hydrogen-bond donors (Lipinski definition) is 2. The van der Waals surface area contributed by atoms with Gasteiger partial charge in [-0.25, -0.2) is 13.2 Å². The Hall–Kier alpha value is -2.57. The van der Waals surface area contributed by atoms with Crippen molar-refractivity contribution in [2.24, 2.45) is 0 Å². The molecule has 2 rings (SSSR count). The topological polar surface area (TPSA) is 62.0 Å². The SMILES string of the molecule is Cc1cc(C)c(CNC(=O)c2ccc(F)c(F)c2F)c(=O)[nH]1. The first-order chi connectivity index (χ1) is 10.3. The zero-order chi connectivity index (χ0) is 16.4. The minimum atomic E-state index is -1.71. The fraction of sp³-hybridized carbons (Fsp3) is 0.200. The Morgan fingerprint density at radius 1 is 1.18 bits per heavy atom. The number of amides is 1. The fourth-order valence-electron chi connectivity index (χ4n) is 2.07. The molecule has 0 aliphatic heterocycles. The van der Waals surface area contributed by atoms with Gasteiger partial charge in [-0.1, -0.05) is 0 Å². The van der Waals surface area contributed by atoms with Crippen LogP contribution in [0.3, 0.4) is 0 Å². The summed E-state index contributed by atoms with van der Waals surface area (Å²) in [4.78, 5) is 26.2. The zero-order valence-corrected chi connectivity index (χ0v) is 11.9. The molecule has 22 heavy (non-hydrogen) atoms. The number of aromatic amines is 1. The highest BCUT2D eigenvalue weighted by Crippen LogP contribution is 2.15. The van der Waals surface area contributed by atoms with Gasteiger partial charge in [-0.05, 0) is 37.6 Å². The maximum absolute atomic E-state index is 13.5. The number of rotatable bonds is 3. The maximum atomic E-state index is 13.5. The Morgan fingerprint density at radius 2 is 1.86 bits per heavy atom. The Labute approximate surface area is 124 Å². The number of carbonyl (C=O) groups is 1. The average Bonchev–Trinajstić information content (AvgIpc) is 2.43. The van der Waals surface area contributed by atoms with Gasteiger partial charge in [0.25, 0.3) is 11.5 Å². The van der Waals surface area contributed by atoms with Crippen LogP contribution in [0.1, 0.15) is 27.2 Å². The third-order valence-corrected chi connectivity index (χ3v) is 3.20. The lowest BCUT2D eigenvalue weighted by Gasteiger charge is -2.09. The summed E-state index contributed by atoms with van der Waals surface area (Å²) >= 11 is 0. The molecule has 7 heteroatoms. The van der Waals surface area contributed by atoms with Gasteiger partial charge in [0.15, 0.2) is 17.5 Å². The molecule has 0 aliphatic rings. The summed E-state index contributed by atoms with van der Waals surface area (Å²) in [5.41, 5.74) is 0.641. The van der Waals surface area contributed by atoms with Gasteiger partial charge in [0.1, 0.15) is 0 Å². The molecule has 2 N–H and O–H groups in total. The summed E-state index contributed by atoms with van der Waals surface area (Å²) in [5, 5.41) is 2.32. The van der Waals surface area contributed by atoms with Crippen LogP contribution in [-0.4, -0.2) is 10.9 Å². The second kappa shape index (κ2) is 6.05. The molecule has 0 atom stereocenters. The van der Waals surface area contributed by atoms with Crippen molar-refractivity contribution < 1.29 is 18.0 Å². The average molecular weight is 310 g/mol. The van der Waals surface area contributed by atoms with Crippen molar-refractivity contribution >= 4 is 5.91 Å². The van der Waals surface area contributed by atoms with Crippen molar-refractivity contribution in [3.63, 3.8) is 0 Å². The molecule has 0 saturated carbocycles. The molecule has 0 aliphatic carbocycles. The van der Waals surface area contributed by atoms with Gasteiger partial charge >= 0.3 is 0 Å². The standard InChI is InChI=1S/C15H13F3N2O2/c1-7-5-8(2)20-15(22)10(7)6-19-14(21)9-3-4-11(16)13(18)12(9)17/h3-5H,6H2,1-2H3,(H,19,21)(H,20,22). The van der Waals surface area contributed by atoms with Gasteiger partial charge in [-0.2, -0.15) is 0 Å². The maximum Gasteiger partial charge on any atom is 0.254 e. The molecule has 1 heterocycles. The smallest absolute Gasteiger partial charge is 0.254 e. The molecular weight excluding hydrogens is 297 g/mol. The molecule has 116 valence electrons. The Bertz CT molecular complexity index is 800. The quantitative estimate of drug-likeness (QED) is 0.855. The predicted molar refractivity (Wildman–Crippen MR) is 74.0 cm³/mol. The molecule has 0 unspecified atom stereocenters. The van der Waals surface area contributed by atoms with Crippen LogP contribution in [0.5, 0.6) is 0 Å². The Kier molecular flexibility index (Phi) is 4.35. The second-order valence-electron chi connectivity index (χ2n) is 4.85. The molecule has 2 aromatic rings. The highest BCUT2D eigenvalue weighted by molar-refractivity contribution is 5.94. The fourth-order valence-corrected chi connectivity index (χ4v) is 2.07. The van der Waals surface area contributed by atoms with Crippen molar-refractivity contribution in [1.29, 1.82) is 0 Å². The van der Waals surface area contributed by atoms with E-state index in [0.29, 0.717) is 22.9 Å². The summed E-state index contributed by atoms with van der Waals surface area (Å²) in [6, 6.07) is 3.23. The van der Waals surface area contributed by atoms with Crippen LogP contribution in [-0.2, 0) is 6.54 Å². The van der Waals surface area contributed by atoms with E-state index in [9.17, 15) is 22.8 Å². The number of carbonyl (C=O) groups excluding carboxylic acids is 1. The lowest BCUT2D eigenvalue weighted by molar-refractivity contribution is 0.0945. The third kappa shape index (κ3) is 3.03. The summed E-state index contributed by atoms with van der Waals surface area (Å²) < 4.78 is 39.4. The van der Waals surface area contributed by atoms with E-state index in [-0.39, 0.29) is 12.1 Å². The lowest BCUT2D eigenvalue weighted by Crippen LogP contribution is -2.28. The first-order valence-corrected chi connectivity index (χ1v) is 6.42. The molecular formula is C15H13F3N2O2. The van der Waals surface area contributed by atoms with Crippen molar-refractivity contribution in [3.05, 3.63) is 68.4 Å². The van der Waals surface area contributed by atoms with Crippen LogP contribution < -0.4 is 10.9 Å². The van der Waals surface area contributed by atoms with Crippen molar-refractivity contribution in [2.75, 3.05) is 0 Å². The number of H-pyrrole nitrogens is 1. The van der Waals surface area contributed by atoms with Crippen LogP contribution in [0.4, 0.5) is 13.2 Å². The highest BCUT2D eigenvalue weighted by Gasteiger charge is 2.19. The molecule has 0 radical (unpaired) electrons. The molecule has 0 bridgehead atoms. The zero-order valence-electron chi connectivity index (χ0n) is 11.9. The predicted octanol–water partition coefficient (Wildman–Crippen LogP) is 2.34. The van der Waals surface area contributed by atoms with E-state index in [4.69, 9.17) is 0 Å². The minimum Gasteiger partial charge on any atom is -0.348 e. The number of nitrogens with one attached hydrogen (secondary N) is 2. The van der Waals surface area contributed by atoms with Gasteiger partial charge in [0.05, 0.1) is 5.56 Å². The lowest BCUT2D eigenvalue weighted by atomic mass is 10.1. The number of hydrogen-bond acceptors (Lipinski definition) is 2. The first kappa shape index (κ1) is 15.8. The van der Waals surface area contributed by atoms with E-state index >= 15 is 0 Å². The number of aryl methyl sites for hydroxylation is 2. The molecule has 1 aromatic heterocycles. The number of benzene rings is 1. The van der Waals surface area contributed by atoms with Crippen LogP contribution in [0.15, 0.2) is 23.0 Å². The van der Waals surface area contributed by atoms with Gasteiger partial charge in [0, 0.05) is 17.8 Å². The second-order valence-corrected chi connectivity index (χ2v) is 4.85. The van der Waals surface area contributed by atoms with Crippen molar-refractivity contribution in [3.8, 4) is 0 Å². The van der Waals surface area contributed by atoms with Gasteiger partial charge in [-0.15, -0.1) is 0 Å². The number of pyridine rings is 1. The van der Waals surface area contributed by atoms with Crippen LogP contribution in [0.2, 0.25) is 0 Å². The van der Waals surface area contributed by atoms with E-state index < -0.39 is 28.9 Å². The van der Waals surface area contributed by atoms with Gasteiger partial charge in [0.2, 0.25) is 0 Å². The van der Waals surface area contributed by atoms with E-state index in [1.54, 1.807) is 19.9 Å². The molecule has 1 aromatic carbocycles. The summed E-state index contributed by atoms with van der Waals surface area (Å²) in [7, 11) is 0. The van der Waals surface area contributed by atoms with Crippen molar-refractivity contribution in [2.45, 2.75) is 20.4 Å². The largest absolute Gasteiger partial charge is 0.348 e. The number of halogens is 3. The summed E-state index contributed by atoms with van der Waals surface area (Å²) in [6.07, 6.45) is 0. The summed E-state index contributed by atoms with van der Waals surface area (Å²) in [6.45, 7) is 3.26. The van der Waals surface area contributed by atoms with E-state index in [1.165, 1.54) is 0 Å². The van der Waals surface area contributed by atoms with Crippen LogP contribution >= 0.6 is 0 Å². The van der Waals surface area contributed by atoms with E-state index in [0.717, 1.165) is 6.07 Å². The third-order valence-electron chi connectivity index (χ3n) is 3.20. The van der Waals surface area contributed by atoms with Crippen LogP contribution in [0.25, 0.3) is 0 Å². The Balaban J connectivity index is 2.21. The van der Waals surface area contributed by atoms with Crippen molar-refractivity contribution in [1.82, 2.24) is 10.3 Å². The van der Waals surface area contributed by atoms with Gasteiger partial charge < -0.3 is 10.3 Å². The van der Waals surface area contributed by atoms with E-state index in [1.807, 2.05) is 0 Å². The van der Waals surface area contributed by atoms with Gasteiger partial charge in [-0.3, -0.25) is 9.59 Å². The Morgan fingerprint density at radius 3 is 2.50 bits per heavy atom.